The highest BCUT2D eigenvalue weighted by Crippen LogP contribution is 2.16. The molecule has 0 heterocycles. The first-order valence-corrected chi connectivity index (χ1v) is 6.21. The van der Waals surface area contributed by atoms with Gasteiger partial charge in [0.15, 0.2) is 0 Å². The van der Waals surface area contributed by atoms with E-state index >= 15 is 0 Å². The highest BCUT2D eigenvalue weighted by molar-refractivity contribution is 5.33. The summed E-state index contributed by atoms with van der Waals surface area (Å²) in [6.45, 7) is 13.9. The van der Waals surface area contributed by atoms with Gasteiger partial charge < -0.3 is 0 Å². The SMILES string of the molecule is C=CC(=C)C(=C)CCCCCCCCC. The number of rotatable bonds is 10. The third-order valence-corrected chi connectivity index (χ3v) is 2.78. The molecule has 0 atom stereocenters. The van der Waals surface area contributed by atoms with Gasteiger partial charge in [-0.15, -0.1) is 0 Å². The Hall–Kier alpha value is -0.780. The summed E-state index contributed by atoms with van der Waals surface area (Å²) in [5.74, 6) is 0. The molecule has 0 fully saturated rings. The van der Waals surface area contributed by atoms with Crippen molar-refractivity contribution in [1.29, 1.82) is 0 Å². The van der Waals surface area contributed by atoms with Crippen LogP contribution in [0.1, 0.15) is 58.3 Å². The molecule has 0 amide bonds. The summed E-state index contributed by atoms with van der Waals surface area (Å²) in [7, 11) is 0. The smallest absolute Gasteiger partial charge is 0.0279 e. The fourth-order valence-electron chi connectivity index (χ4n) is 1.60. The maximum Gasteiger partial charge on any atom is -0.0279 e. The summed E-state index contributed by atoms with van der Waals surface area (Å²) in [5.41, 5.74) is 2.15. The van der Waals surface area contributed by atoms with E-state index < -0.39 is 0 Å². The Labute approximate surface area is 95.8 Å². The molecule has 0 aliphatic rings. The Morgan fingerprint density at radius 3 is 2.00 bits per heavy atom. The third-order valence-electron chi connectivity index (χ3n) is 2.78. The summed E-state index contributed by atoms with van der Waals surface area (Å²) in [6.07, 6.45) is 12.3. The molecule has 0 nitrogen and oxygen atoms in total. The van der Waals surface area contributed by atoms with Gasteiger partial charge >= 0.3 is 0 Å². The van der Waals surface area contributed by atoms with E-state index in [1.807, 2.05) is 0 Å². The molecule has 0 aliphatic carbocycles. The van der Waals surface area contributed by atoms with Crippen molar-refractivity contribution in [3.05, 3.63) is 37.0 Å². The highest BCUT2D eigenvalue weighted by atomic mass is 14.0. The Morgan fingerprint density at radius 2 is 1.47 bits per heavy atom. The maximum absolute atomic E-state index is 4.00. The Balaban J connectivity index is 3.27. The molecule has 0 aromatic carbocycles. The van der Waals surface area contributed by atoms with E-state index in [0.717, 1.165) is 17.6 Å². The predicted molar refractivity (Wildman–Crippen MR) is 71.1 cm³/mol. The molecule has 0 saturated heterocycles. The van der Waals surface area contributed by atoms with Gasteiger partial charge in [0.25, 0.3) is 0 Å². The monoisotopic (exact) mass is 206 g/mol. The number of hydrogen-bond acceptors (Lipinski definition) is 0. The first kappa shape index (κ1) is 14.2. The summed E-state index contributed by atoms with van der Waals surface area (Å²) >= 11 is 0. The topological polar surface area (TPSA) is 0 Å². The van der Waals surface area contributed by atoms with Gasteiger partial charge in [0.05, 0.1) is 0 Å². The minimum Gasteiger partial charge on any atom is -0.0985 e. The molecule has 0 unspecified atom stereocenters. The van der Waals surface area contributed by atoms with Crippen LogP contribution in [-0.4, -0.2) is 0 Å². The maximum atomic E-state index is 4.00. The second-order valence-corrected chi connectivity index (χ2v) is 4.20. The van der Waals surface area contributed by atoms with Crippen molar-refractivity contribution < 1.29 is 0 Å². The summed E-state index contributed by atoms with van der Waals surface area (Å²) in [6, 6.07) is 0. The van der Waals surface area contributed by atoms with Crippen LogP contribution in [0, 0.1) is 0 Å². The van der Waals surface area contributed by atoms with Gasteiger partial charge in [-0.05, 0) is 24.0 Å². The zero-order valence-corrected chi connectivity index (χ0v) is 10.4. The lowest BCUT2D eigenvalue weighted by molar-refractivity contribution is 0.589. The zero-order chi connectivity index (χ0) is 11.5. The highest BCUT2D eigenvalue weighted by Gasteiger charge is 1.96. The largest absolute Gasteiger partial charge is 0.0985 e. The Bertz CT molecular complexity index is 198. The molecule has 0 N–H and O–H groups in total. The second-order valence-electron chi connectivity index (χ2n) is 4.20. The quantitative estimate of drug-likeness (QED) is 0.330. The van der Waals surface area contributed by atoms with E-state index in [0.29, 0.717) is 0 Å². The molecule has 0 spiro atoms. The van der Waals surface area contributed by atoms with Crippen molar-refractivity contribution >= 4 is 0 Å². The molecule has 0 radical (unpaired) electrons. The molecule has 0 rings (SSSR count). The standard InChI is InChI=1S/C15H26/c1-5-7-8-9-10-11-12-13-15(4)14(3)6-2/h6H,2-5,7-13H2,1H3. The van der Waals surface area contributed by atoms with Gasteiger partial charge in [-0.1, -0.05) is 71.3 Å². The van der Waals surface area contributed by atoms with Crippen LogP contribution >= 0.6 is 0 Å². The van der Waals surface area contributed by atoms with Gasteiger partial charge in [-0.25, -0.2) is 0 Å². The summed E-state index contributed by atoms with van der Waals surface area (Å²) < 4.78 is 0. The lowest BCUT2D eigenvalue weighted by atomic mass is 10.0. The van der Waals surface area contributed by atoms with Gasteiger partial charge in [-0.2, -0.15) is 0 Å². The van der Waals surface area contributed by atoms with E-state index in [1.165, 1.54) is 44.9 Å². The van der Waals surface area contributed by atoms with Crippen molar-refractivity contribution in [2.75, 3.05) is 0 Å². The normalized spacial score (nSPS) is 9.93. The van der Waals surface area contributed by atoms with Crippen LogP contribution < -0.4 is 0 Å². The molecule has 86 valence electrons. The van der Waals surface area contributed by atoms with Gasteiger partial charge in [0, 0.05) is 0 Å². The fraction of sp³-hybridized carbons (Fsp3) is 0.600. The van der Waals surface area contributed by atoms with Crippen molar-refractivity contribution in [1.82, 2.24) is 0 Å². The van der Waals surface area contributed by atoms with Crippen LogP contribution in [0.15, 0.2) is 37.0 Å². The van der Waals surface area contributed by atoms with E-state index in [4.69, 9.17) is 0 Å². The average molecular weight is 206 g/mol. The molecule has 0 saturated carbocycles. The summed E-state index contributed by atoms with van der Waals surface area (Å²) in [4.78, 5) is 0. The number of hydrogen-bond donors (Lipinski definition) is 0. The minimum absolute atomic E-state index is 1.00. The third kappa shape index (κ3) is 8.23. The van der Waals surface area contributed by atoms with Gasteiger partial charge in [-0.3, -0.25) is 0 Å². The predicted octanol–water partition coefficient (Wildman–Crippen LogP) is 5.43. The van der Waals surface area contributed by atoms with Crippen LogP contribution in [0.5, 0.6) is 0 Å². The zero-order valence-electron chi connectivity index (χ0n) is 10.4. The van der Waals surface area contributed by atoms with Gasteiger partial charge in [0.2, 0.25) is 0 Å². The fourth-order valence-corrected chi connectivity index (χ4v) is 1.60. The average Bonchev–Trinajstić information content (AvgIpc) is 2.26. The molecule has 0 aromatic rings. The first-order valence-electron chi connectivity index (χ1n) is 6.21. The lowest BCUT2D eigenvalue weighted by Crippen LogP contribution is -1.85. The van der Waals surface area contributed by atoms with E-state index in [2.05, 4.69) is 26.7 Å². The van der Waals surface area contributed by atoms with Crippen LogP contribution in [-0.2, 0) is 0 Å². The minimum atomic E-state index is 1.00. The molecular formula is C15H26. The van der Waals surface area contributed by atoms with Gasteiger partial charge in [0.1, 0.15) is 0 Å². The molecule has 0 aromatic heterocycles. The number of unbranched alkanes of at least 4 members (excludes halogenated alkanes) is 6. The first-order chi connectivity index (χ1) is 7.22. The summed E-state index contributed by atoms with van der Waals surface area (Å²) in [5, 5.41) is 0. The number of allylic oxidation sites excluding steroid dienone is 3. The molecule has 15 heavy (non-hydrogen) atoms. The lowest BCUT2D eigenvalue weighted by Gasteiger charge is -2.05. The van der Waals surface area contributed by atoms with E-state index in [9.17, 15) is 0 Å². The van der Waals surface area contributed by atoms with Crippen LogP contribution in [0.25, 0.3) is 0 Å². The molecule has 0 aliphatic heterocycles. The Morgan fingerprint density at radius 1 is 0.933 bits per heavy atom. The van der Waals surface area contributed by atoms with Crippen molar-refractivity contribution in [2.45, 2.75) is 58.3 Å². The van der Waals surface area contributed by atoms with Crippen molar-refractivity contribution in [3.63, 3.8) is 0 Å². The van der Waals surface area contributed by atoms with Crippen molar-refractivity contribution in [2.24, 2.45) is 0 Å². The molecular weight excluding hydrogens is 180 g/mol. The van der Waals surface area contributed by atoms with Crippen molar-refractivity contribution in [3.8, 4) is 0 Å². The van der Waals surface area contributed by atoms with E-state index in [-0.39, 0.29) is 0 Å². The molecule has 0 bridgehead atoms. The van der Waals surface area contributed by atoms with Crippen LogP contribution in [0.2, 0.25) is 0 Å². The van der Waals surface area contributed by atoms with Crippen LogP contribution in [0.4, 0.5) is 0 Å². The van der Waals surface area contributed by atoms with Crippen LogP contribution in [0.3, 0.4) is 0 Å². The second kappa shape index (κ2) is 9.76. The Kier molecular flexibility index (Phi) is 9.26. The molecule has 0 heteroatoms. The van der Waals surface area contributed by atoms with E-state index in [1.54, 1.807) is 6.08 Å².